The Morgan fingerprint density at radius 2 is 1.93 bits per heavy atom. The van der Waals surface area contributed by atoms with Crippen LogP contribution in [0.5, 0.6) is 0 Å². The molecule has 8 heteroatoms. The smallest absolute Gasteiger partial charge is 0.273 e. The molecule has 1 N–H and O–H groups in total. The Bertz CT molecular complexity index is 935. The summed E-state index contributed by atoms with van der Waals surface area (Å²) in [6.45, 7) is 1.49. The van der Waals surface area contributed by atoms with Gasteiger partial charge in [0.15, 0.2) is 5.69 Å². The summed E-state index contributed by atoms with van der Waals surface area (Å²) in [5.41, 5.74) is 1.85. The standard InChI is InChI=1S/C19H18N6O2/c26-18(21-9-14-5-2-1-3-6-14)17-13-25(23-22-17)16-11-24(12-16)19(27)15-7-4-8-20-10-15/h1-8,10,13,16H,9,11-12H2,(H,21,26). The van der Waals surface area contributed by atoms with Crippen molar-refractivity contribution in [3.63, 3.8) is 0 Å². The van der Waals surface area contributed by atoms with Gasteiger partial charge in [-0.1, -0.05) is 35.5 Å². The fourth-order valence-electron chi connectivity index (χ4n) is 2.89. The van der Waals surface area contributed by atoms with Gasteiger partial charge in [-0.2, -0.15) is 0 Å². The summed E-state index contributed by atoms with van der Waals surface area (Å²) in [6.07, 6.45) is 4.81. The lowest BCUT2D eigenvalue weighted by molar-refractivity contribution is 0.0497. The minimum absolute atomic E-state index is 0.0220. The van der Waals surface area contributed by atoms with Crippen LogP contribution in [0.4, 0.5) is 0 Å². The van der Waals surface area contributed by atoms with E-state index in [1.165, 1.54) is 0 Å². The quantitative estimate of drug-likeness (QED) is 0.738. The van der Waals surface area contributed by atoms with E-state index in [0.29, 0.717) is 25.2 Å². The second kappa shape index (κ2) is 7.36. The number of amides is 2. The molecule has 0 aliphatic carbocycles. The van der Waals surface area contributed by atoms with Crippen molar-refractivity contribution >= 4 is 11.8 Å². The molecule has 1 aliphatic rings. The summed E-state index contributed by atoms with van der Waals surface area (Å²) in [5, 5.41) is 10.8. The summed E-state index contributed by atoms with van der Waals surface area (Å²) in [4.78, 5) is 30.2. The summed E-state index contributed by atoms with van der Waals surface area (Å²) in [5.74, 6) is -0.326. The Morgan fingerprint density at radius 3 is 2.67 bits per heavy atom. The van der Waals surface area contributed by atoms with Gasteiger partial charge in [0.25, 0.3) is 11.8 Å². The minimum atomic E-state index is -0.271. The Morgan fingerprint density at radius 1 is 1.11 bits per heavy atom. The van der Waals surface area contributed by atoms with Gasteiger partial charge in [0, 0.05) is 32.0 Å². The van der Waals surface area contributed by atoms with Crippen LogP contribution < -0.4 is 5.32 Å². The fraction of sp³-hybridized carbons (Fsp3) is 0.211. The second-order valence-electron chi connectivity index (χ2n) is 6.36. The SMILES string of the molecule is O=C(NCc1ccccc1)c1cn(C2CN(C(=O)c3cccnc3)C2)nn1. The maximum Gasteiger partial charge on any atom is 0.273 e. The average Bonchev–Trinajstić information content (AvgIpc) is 3.16. The van der Waals surface area contributed by atoms with Crippen molar-refractivity contribution in [2.24, 2.45) is 0 Å². The van der Waals surface area contributed by atoms with Gasteiger partial charge in [-0.15, -0.1) is 5.10 Å². The number of carbonyl (C=O) groups is 2. The molecule has 3 aromatic rings. The van der Waals surface area contributed by atoms with Gasteiger partial charge in [0.2, 0.25) is 0 Å². The highest BCUT2D eigenvalue weighted by Gasteiger charge is 2.33. The van der Waals surface area contributed by atoms with Crippen molar-refractivity contribution in [1.82, 2.24) is 30.2 Å². The maximum atomic E-state index is 12.3. The lowest BCUT2D eigenvalue weighted by atomic mass is 10.1. The summed E-state index contributed by atoms with van der Waals surface area (Å²) < 4.78 is 1.64. The van der Waals surface area contributed by atoms with Crippen LogP contribution in [0.2, 0.25) is 0 Å². The molecule has 3 heterocycles. The zero-order valence-electron chi connectivity index (χ0n) is 14.5. The molecule has 1 fully saturated rings. The molecule has 0 saturated carbocycles. The number of benzene rings is 1. The van der Waals surface area contributed by atoms with Gasteiger partial charge in [-0.05, 0) is 17.7 Å². The van der Waals surface area contributed by atoms with E-state index < -0.39 is 0 Å². The molecular formula is C19H18N6O2. The highest BCUT2D eigenvalue weighted by Crippen LogP contribution is 2.22. The van der Waals surface area contributed by atoms with Crippen molar-refractivity contribution in [2.75, 3.05) is 13.1 Å². The van der Waals surface area contributed by atoms with Gasteiger partial charge in [0.05, 0.1) is 17.8 Å². The molecule has 0 unspecified atom stereocenters. The molecule has 0 bridgehead atoms. The largest absolute Gasteiger partial charge is 0.347 e. The van der Waals surface area contributed by atoms with Gasteiger partial charge >= 0.3 is 0 Å². The average molecular weight is 362 g/mol. The topological polar surface area (TPSA) is 93.0 Å². The molecule has 4 rings (SSSR count). The van der Waals surface area contributed by atoms with Crippen molar-refractivity contribution < 1.29 is 9.59 Å². The number of nitrogens with zero attached hydrogens (tertiary/aromatic N) is 5. The Kier molecular flexibility index (Phi) is 4.61. The molecule has 136 valence electrons. The molecule has 1 aromatic carbocycles. The first kappa shape index (κ1) is 16.9. The van der Waals surface area contributed by atoms with Crippen LogP contribution in [-0.4, -0.2) is 49.8 Å². The first-order valence-corrected chi connectivity index (χ1v) is 8.64. The summed E-state index contributed by atoms with van der Waals surface area (Å²) >= 11 is 0. The lowest BCUT2D eigenvalue weighted by Gasteiger charge is -2.38. The van der Waals surface area contributed by atoms with Crippen LogP contribution >= 0.6 is 0 Å². The van der Waals surface area contributed by atoms with Crippen LogP contribution in [0.25, 0.3) is 0 Å². The van der Waals surface area contributed by atoms with Gasteiger partial charge in [-0.25, -0.2) is 4.68 Å². The van der Waals surface area contributed by atoms with E-state index in [2.05, 4.69) is 20.6 Å². The molecule has 2 amide bonds. The number of rotatable bonds is 5. The van der Waals surface area contributed by atoms with E-state index in [1.54, 1.807) is 40.3 Å². The molecule has 0 spiro atoms. The van der Waals surface area contributed by atoms with Gasteiger partial charge < -0.3 is 10.2 Å². The maximum absolute atomic E-state index is 12.3. The lowest BCUT2D eigenvalue weighted by Crippen LogP contribution is -2.50. The van der Waals surface area contributed by atoms with Crippen molar-refractivity contribution in [2.45, 2.75) is 12.6 Å². The van der Waals surface area contributed by atoms with E-state index in [1.807, 2.05) is 30.3 Å². The first-order chi connectivity index (χ1) is 13.2. The number of nitrogens with one attached hydrogen (secondary N) is 1. The normalized spacial score (nSPS) is 13.9. The highest BCUT2D eigenvalue weighted by atomic mass is 16.2. The van der Waals surface area contributed by atoms with E-state index >= 15 is 0 Å². The zero-order valence-corrected chi connectivity index (χ0v) is 14.5. The van der Waals surface area contributed by atoms with Crippen molar-refractivity contribution in [3.8, 4) is 0 Å². The second-order valence-corrected chi connectivity index (χ2v) is 6.36. The fourth-order valence-corrected chi connectivity index (χ4v) is 2.89. The molecule has 1 saturated heterocycles. The number of aromatic nitrogens is 4. The molecule has 0 atom stereocenters. The number of pyridine rings is 1. The number of likely N-dealkylation sites (tertiary alicyclic amines) is 1. The summed E-state index contributed by atoms with van der Waals surface area (Å²) in [6, 6.07) is 13.2. The Labute approximate surface area is 155 Å². The molecule has 27 heavy (non-hydrogen) atoms. The van der Waals surface area contributed by atoms with E-state index in [4.69, 9.17) is 0 Å². The summed E-state index contributed by atoms with van der Waals surface area (Å²) in [7, 11) is 0. The minimum Gasteiger partial charge on any atom is -0.347 e. The van der Waals surface area contributed by atoms with Crippen LogP contribution in [0.3, 0.4) is 0 Å². The molecular weight excluding hydrogens is 344 g/mol. The number of carbonyl (C=O) groups excluding carboxylic acids is 2. The predicted molar refractivity (Wildman–Crippen MR) is 96.8 cm³/mol. The van der Waals surface area contributed by atoms with Crippen molar-refractivity contribution in [3.05, 3.63) is 77.9 Å². The first-order valence-electron chi connectivity index (χ1n) is 8.64. The van der Waals surface area contributed by atoms with Crippen molar-refractivity contribution in [1.29, 1.82) is 0 Å². The van der Waals surface area contributed by atoms with Crippen LogP contribution in [-0.2, 0) is 6.54 Å². The number of hydrogen-bond donors (Lipinski definition) is 1. The highest BCUT2D eigenvalue weighted by molar-refractivity contribution is 5.94. The Balaban J connectivity index is 1.31. The van der Waals surface area contributed by atoms with Gasteiger partial charge in [0.1, 0.15) is 0 Å². The molecule has 1 aliphatic heterocycles. The number of hydrogen-bond acceptors (Lipinski definition) is 5. The van der Waals surface area contributed by atoms with Crippen LogP contribution in [0, 0.1) is 0 Å². The monoisotopic (exact) mass is 362 g/mol. The molecule has 8 nitrogen and oxygen atoms in total. The predicted octanol–water partition coefficient (Wildman–Crippen LogP) is 1.30. The van der Waals surface area contributed by atoms with E-state index in [-0.39, 0.29) is 23.6 Å². The van der Waals surface area contributed by atoms with Crippen LogP contribution in [0.15, 0.2) is 61.1 Å². The van der Waals surface area contributed by atoms with E-state index in [0.717, 1.165) is 5.56 Å². The van der Waals surface area contributed by atoms with E-state index in [9.17, 15) is 9.59 Å². The third kappa shape index (κ3) is 3.69. The Hall–Kier alpha value is -3.55. The third-order valence-corrected chi connectivity index (χ3v) is 4.47. The van der Waals surface area contributed by atoms with Gasteiger partial charge in [-0.3, -0.25) is 14.6 Å². The third-order valence-electron chi connectivity index (χ3n) is 4.47. The van der Waals surface area contributed by atoms with Crippen LogP contribution in [0.1, 0.15) is 32.5 Å². The molecule has 0 radical (unpaired) electrons. The molecule has 2 aromatic heterocycles. The zero-order chi connectivity index (χ0) is 18.6.